The first kappa shape index (κ1) is 39.6. The number of benzene rings is 1. The van der Waals surface area contributed by atoms with Crippen LogP contribution in [0.3, 0.4) is 0 Å². The summed E-state index contributed by atoms with van der Waals surface area (Å²) in [7, 11) is 2.23. The molecule has 3 unspecified atom stereocenters. The maximum Gasteiger partial charge on any atom is 0.336 e. The standard InChI is InChI=1S/C29H37N5O12S2/c1-4-45-28(41)23-15(3)32-19(25(29(42)46-5-2)24(23)16-7-6-8-17(11-16)34(43)44)13-47-48-14-20(26(38)31-12-22(36)37)33-21(35)10-9-18(30)27(39)40/h6-8,11,18,20,24,32H,4-5,9-10,12-14,30H2,1-3H3,(H,31,38)(H,33,35)(H,36,37)(H,39,40). The average Bonchev–Trinajstić information content (AvgIpc) is 3.03. The zero-order chi connectivity index (χ0) is 36.0. The summed E-state index contributed by atoms with van der Waals surface area (Å²) in [6, 6.07) is 2.99. The van der Waals surface area contributed by atoms with Gasteiger partial charge in [-0.15, -0.1) is 0 Å². The first-order valence-corrected chi connectivity index (χ1v) is 17.0. The second kappa shape index (κ2) is 19.3. The highest BCUT2D eigenvalue weighted by molar-refractivity contribution is 8.76. The van der Waals surface area contributed by atoms with E-state index in [1.165, 1.54) is 18.2 Å². The Hall–Kier alpha value is -4.62. The number of carbonyl (C=O) groups excluding carboxylic acids is 4. The normalized spacial score (nSPS) is 15.5. The van der Waals surface area contributed by atoms with Crippen LogP contribution in [0.2, 0.25) is 0 Å². The predicted molar refractivity (Wildman–Crippen MR) is 174 cm³/mol. The molecule has 0 saturated heterocycles. The molecule has 0 aliphatic carbocycles. The van der Waals surface area contributed by atoms with Gasteiger partial charge in [-0.2, -0.15) is 0 Å². The monoisotopic (exact) mass is 711 g/mol. The van der Waals surface area contributed by atoms with Crippen LogP contribution in [0.5, 0.6) is 0 Å². The van der Waals surface area contributed by atoms with E-state index in [9.17, 15) is 38.9 Å². The minimum absolute atomic E-state index is 0.0120. The molecule has 1 aliphatic rings. The van der Waals surface area contributed by atoms with Crippen LogP contribution < -0.4 is 21.7 Å². The van der Waals surface area contributed by atoms with Gasteiger partial charge in [0.05, 0.1) is 35.2 Å². The van der Waals surface area contributed by atoms with Gasteiger partial charge >= 0.3 is 23.9 Å². The number of rotatable bonds is 19. The van der Waals surface area contributed by atoms with Crippen molar-refractivity contribution in [3.8, 4) is 0 Å². The van der Waals surface area contributed by atoms with Gasteiger partial charge in [-0.1, -0.05) is 33.7 Å². The fourth-order valence-corrected chi connectivity index (χ4v) is 6.65. The third-order valence-electron chi connectivity index (χ3n) is 6.64. The highest BCUT2D eigenvalue weighted by Crippen LogP contribution is 2.41. The third kappa shape index (κ3) is 11.6. The van der Waals surface area contributed by atoms with Crippen LogP contribution in [0, 0.1) is 10.1 Å². The van der Waals surface area contributed by atoms with Gasteiger partial charge in [0.2, 0.25) is 11.8 Å². The van der Waals surface area contributed by atoms with Crippen LogP contribution in [-0.4, -0.2) is 94.2 Å². The minimum Gasteiger partial charge on any atom is -0.480 e. The van der Waals surface area contributed by atoms with Gasteiger partial charge < -0.3 is 41.4 Å². The van der Waals surface area contributed by atoms with E-state index >= 15 is 0 Å². The Kier molecular flexibility index (Phi) is 15.9. The zero-order valence-corrected chi connectivity index (χ0v) is 27.9. The van der Waals surface area contributed by atoms with E-state index in [1.54, 1.807) is 26.8 Å². The second-order valence-corrected chi connectivity index (χ2v) is 12.6. The van der Waals surface area contributed by atoms with E-state index < -0.39 is 65.2 Å². The number of amides is 2. The van der Waals surface area contributed by atoms with Gasteiger partial charge in [0.25, 0.3) is 5.69 Å². The Morgan fingerprint density at radius 3 is 2.29 bits per heavy atom. The summed E-state index contributed by atoms with van der Waals surface area (Å²) in [5.41, 5.74) is 6.16. The van der Waals surface area contributed by atoms with Crippen LogP contribution in [0.4, 0.5) is 5.69 Å². The number of non-ortho nitro benzene ring substituents is 1. The van der Waals surface area contributed by atoms with Crippen LogP contribution in [0.15, 0.2) is 46.8 Å². The number of ether oxygens (including phenoxy) is 2. The van der Waals surface area contributed by atoms with Crippen molar-refractivity contribution in [3.05, 3.63) is 62.5 Å². The van der Waals surface area contributed by atoms with Crippen molar-refractivity contribution in [2.24, 2.45) is 5.73 Å². The van der Waals surface area contributed by atoms with Gasteiger partial charge in [0.1, 0.15) is 18.6 Å². The fraction of sp³-hybridized carbons (Fsp3) is 0.448. The number of dihydropyridines is 1. The molecular formula is C29H37N5O12S2. The maximum atomic E-state index is 13.4. The highest BCUT2D eigenvalue weighted by atomic mass is 33.1. The van der Waals surface area contributed by atoms with E-state index in [0.717, 1.165) is 21.6 Å². The molecule has 1 heterocycles. The van der Waals surface area contributed by atoms with Crippen LogP contribution in [0.1, 0.15) is 45.1 Å². The molecular weight excluding hydrogens is 674 g/mol. The summed E-state index contributed by atoms with van der Waals surface area (Å²) in [6.45, 7) is 4.09. The lowest BCUT2D eigenvalue weighted by molar-refractivity contribution is -0.384. The third-order valence-corrected chi connectivity index (χ3v) is 8.94. The average molecular weight is 712 g/mol. The number of aliphatic carboxylic acids is 2. The lowest BCUT2D eigenvalue weighted by Gasteiger charge is -2.31. The number of hydrogen-bond acceptors (Lipinski definition) is 14. The Labute approximate surface area is 283 Å². The van der Waals surface area contributed by atoms with Crippen molar-refractivity contribution in [1.82, 2.24) is 16.0 Å². The number of nitro groups is 1. The van der Waals surface area contributed by atoms with Gasteiger partial charge in [-0.25, -0.2) is 9.59 Å². The lowest BCUT2D eigenvalue weighted by Crippen LogP contribution is -2.49. The molecule has 17 nitrogen and oxygen atoms in total. The number of nitrogens with zero attached hydrogens (tertiary/aromatic N) is 1. The van der Waals surface area contributed by atoms with E-state index in [2.05, 4.69) is 16.0 Å². The number of esters is 2. The zero-order valence-electron chi connectivity index (χ0n) is 26.3. The predicted octanol–water partition coefficient (Wildman–Crippen LogP) is 1.20. The van der Waals surface area contributed by atoms with Gasteiger partial charge in [0, 0.05) is 41.5 Å². The van der Waals surface area contributed by atoms with Crippen LogP contribution in [0.25, 0.3) is 0 Å². The smallest absolute Gasteiger partial charge is 0.336 e. The number of carbonyl (C=O) groups is 6. The van der Waals surface area contributed by atoms with E-state index in [0.29, 0.717) is 11.4 Å². The first-order valence-electron chi connectivity index (χ1n) is 14.5. The Morgan fingerprint density at radius 2 is 1.71 bits per heavy atom. The molecule has 19 heteroatoms. The Morgan fingerprint density at radius 1 is 1.06 bits per heavy atom. The van der Waals surface area contributed by atoms with Crippen molar-refractivity contribution in [2.45, 2.75) is 51.6 Å². The molecule has 1 aromatic rings. The Bertz CT molecular complexity index is 1480. The van der Waals surface area contributed by atoms with Crippen LogP contribution in [-0.2, 0) is 38.2 Å². The molecule has 7 N–H and O–H groups in total. The molecule has 2 rings (SSSR count). The van der Waals surface area contributed by atoms with E-state index in [1.807, 2.05) is 0 Å². The summed E-state index contributed by atoms with van der Waals surface area (Å²) < 4.78 is 10.6. The van der Waals surface area contributed by atoms with Crippen LogP contribution >= 0.6 is 21.6 Å². The quantitative estimate of drug-likeness (QED) is 0.0387. The molecule has 262 valence electrons. The largest absolute Gasteiger partial charge is 0.480 e. The number of nitrogens with two attached hydrogens (primary N) is 1. The van der Waals surface area contributed by atoms with Crippen molar-refractivity contribution >= 4 is 63.0 Å². The molecule has 2 amide bonds. The van der Waals surface area contributed by atoms with Crippen molar-refractivity contribution < 1.29 is 53.4 Å². The summed E-state index contributed by atoms with van der Waals surface area (Å²) in [4.78, 5) is 84.7. The number of hydrogen-bond donors (Lipinski definition) is 6. The molecule has 0 spiro atoms. The summed E-state index contributed by atoms with van der Waals surface area (Å²) in [5.74, 6) is -6.73. The number of nitrogens with one attached hydrogen (secondary N) is 3. The van der Waals surface area contributed by atoms with Gasteiger partial charge in [0.15, 0.2) is 0 Å². The molecule has 0 bridgehead atoms. The van der Waals surface area contributed by atoms with Crippen molar-refractivity contribution in [2.75, 3.05) is 31.3 Å². The first-order chi connectivity index (χ1) is 22.7. The molecule has 3 atom stereocenters. The molecule has 1 aliphatic heterocycles. The number of nitro benzene ring substituents is 1. The summed E-state index contributed by atoms with van der Waals surface area (Å²) >= 11 is 0. The maximum absolute atomic E-state index is 13.4. The summed E-state index contributed by atoms with van der Waals surface area (Å²) in [5, 5.41) is 37.2. The number of carboxylic acids is 2. The summed E-state index contributed by atoms with van der Waals surface area (Å²) in [6.07, 6.45) is -0.503. The van der Waals surface area contributed by atoms with E-state index in [4.69, 9.17) is 25.4 Å². The highest BCUT2D eigenvalue weighted by Gasteiger charge is 2.39. The number of carboxylic acid groups (broad SMARTS) is 2. The second-order valence-electron chi connectivity index (χ2n) is 10.0. The van der Waals surface area contributed by atoms with Crippen molar-refractivity contribution in [3.63, 3.8) is 0 Å². The molecule has 0 fully saturated rings. The van der Waals surface area contributed by atoms with E-state index in [-0.39, 0.29) is 60.0 Å². The van der Waals surface area contributed by atoms with Gasteiger partial charge in [-0.05, 0) is 32.8 Å². The SMILES string of the molecule is CCOC(=O)C1=C(C)NC(CSSCC(NC(=O)CCC(N)C(=O)O)C(=O)NCC(=O)O)=C(C(=O)OCC)C1c1cccc([N+](=O)[O-])c1. The molecule has 48 heavy (non-hydrogen) atoms. The minimum atomic E-state index is -1.31. The Balaban J connectivity index is 2.39. The molecule has 0 radical (unpaired) electrons. The molecule has 1 aromatic carbocycles. The van der Waals surface area contributed by atoms with Gasteiger partial charge in [-0.3, -0.25) is 29.3 Å². The molecule has 0 saturated carbocycles. The topological polar surface area (TPSA) is 267 Å². The fourth-order valence-electron chi connectivity index (χ4n) is 4.45. The van der Waals surface area contributed by atoms with Crippen molar-refractivity contribution in [1.29, 1.82) is 0 Å². The lowest BCUT2D eigenvalue weighted by atomic mass is 9.80. The number of allylic oxidation sites excluding steroid dienone is 1. The molecule has 0 aromatic heterocycles.